The van der Waals surface area contributed by atoms with Crippen molar-refractivity contribution in [2.75, 3.05) is 32.8 Å². The van der Waals surface area contributed by atoms with E-state index >= 15 is 0 Å². The van der Waals surface area contributed by atoms with Gasteiger partial charge in [-0.25, -0.2) is 9.59 Å². The molecule has 0 aromatic carbocycles. The lowest BCUT2D eigenvalue weighted by Gasteiger charge is -2.46. The van der Waals surface area contributed by atoms with Gasteiger partial charge in [0.25, 0.3) is 0 Å². The van der Waals surface area contributed by atoms with Crippen LogP contribution in [0.2, 0.25) is 0 Å². The number of hydrogen-bond donors (Lipinski definition) is 2. The van der Waals surface area contributed by atoms with Crippen molar-refractivity contribution in [3.8, 4) is 0 Å². The summed E-state index contributed by atoms with van der Waals surface area (Å²) in [5.41, 5.74) is 0.771. The first-order valence-electron chi connectivity index (χ1n) is 13.4. The van der Waals surface area contributed by atoms with E-state index in [9.17, 15) is 24.3 Å². The van der Waals surface area contributed by atoms with Gasteiger partial charge >= 0.3 is 12.1 Å². The third kappa shape index (κ3) is 5.49. The second kappa shape index (κ2) is 12.5. The highest BCUT2D eigenvalue weighted by Crippen LogP contribution is 2.52. The van der Waals surface area contributed by atoms with Gasteiger partial charge in [0.1, 0.15) is 25.0 Å². The molecular formula is C27H36N4O8S. The maximum atomic E-state index is 13.6. The molecule has 12 nitrogen and oxygen atoms in total. The highest BCUT2D eigenvalue weighted by molar-refractivity contribution is 8.03. The minimum atomic E-state index is -0.879. The zero-order chi connectivity index (χ0) is 29.1. The SMILES string of the molecule is C=CCOC(=O)C1=C(S[C@H]2C[C@@H](C(=O)N3CCC(=NO)CC3)N(C(=O)OCC=C)C2)[C@H](C)[C@@H]2[C@@H]([C@@H](C)O)C(=O)N12. The van der Waals surface area contributed by atoms with E-state index in [1.165, 1.54) is 33.7 Å². The Kier molecular flexibility index (Phi) is 9.24. The number of carbonyl (C=O) groups excluding carboxylic acids is 4. The number of hydrogen-bond acceptors (Lipinski definition) is 10. The fourth-order valence-corrected chi connectivity index (χ4v) is 7.40. The number of aliphatic hydroxyl groups excluding tert-OH is 1. The van der Waals surface area contributed by atoms with Crippen LogP contribution >= 0.6 is 11.8 Å². The molecule has 0 bridgehead atoms. The lowest BCUT2D eigenvalue weighted by molar-refractivity contribution is -0.164. The van der Waals surface area contributed by atoms with Gasteiger partial charge in [0, 0.05) is 48.5 Å². The van der Waals surface area contributed by atoms with Crippen LogP contribution < -0.4 is 0 Å². The maximum Gasteiger partial charge on any atom is 0.410 e. The summed E-state index contributed by atoms with van der Waals surface area (Å²) < 4.78 is 10.6. The first-order valence-corrected chi connectivity index (χ1v) is 14.2. The van der Waals surface area contributed by atoms with Crippen LogP contribution in [0.15, 0.2) is 41.1 Å². The largest absolute Gasteiger partial charge is 0.457 e. The summed E-state index contributed by atoms with van der Waals surface area (Å²) in [5, 5.41) is 22.3. The third-order valence-electron chi connectivity index (χ3n) is 7.83. The van der Waals surface area contributed by atoms with E-state index in [4.69, 9.17) is 14.7 Å². The monoisotopic (exact) mass is 576 g/mol. The molecule has 6 atom stereocenters. The number of ether oxygens (including phenoxy) is 2. The molecule has 13 heteroatoms. The fourth-order valence-electron chi connectivity index (χ4n) is 5.88. The first kappa shape index (κ1) is 29.7. The van der Waals surface area contributed by atoms with E-state index in [1.54, 1.807) is 11.8 Å². The standard InChI is InChI=1S/C27H36N4O8S/c1-5-11-38-26(35)22-23(15(3)21-20(16(4)32)25(34)31(21)22)40-18-13-19(30(14-18)27(36)39-12-6-2)24(33)29-9-7-17(28-37)8-10-29/h5-6,15-16,18-21,32,37H,1-2,7-14H2,3-4H3/t15-,16-,18+,19+,20-,21-/m1/s1. The van der Waals surface area contributed by atoms with Gasteiger partial charge in [0.2, 0.25) is 11.8 Å². The van der Waals surface area contributed by atoms with Crippen LogP contribution in [-0.4, -0.2) is 111 Å². The Hall–Kier alpha value is -3.32. The fraction of sp³-hybridized carbons (Fsp3) is 0.593. The molecule has 40 heavy (non-hydrogen) atoms. The molecule has 3 saturated heterocycles. The Morgan fingerprint density at radius 2 is 1.82 bits per heavy atom. The number of fused-ring (bicyclic) bond motifs is 1. The van der Waals surface area contributed by atoms with Crippen molar-refractivity contribution >= 4 is 41.4 Å². The predicted octanol–water partition coefficient (Wildman–Crippen LogP) is 1.74. The Labute approximate surface area is 237 Å². The van der Waals surface area contributed by atoms with Gasteiger partial charge in [-0.2, -0.15) is 0 Å². The molecular weight excluding hydrogens is 540 g/mol. The summed E-state index contributed by atoms with van der Waals surface area (Å²) in [4.78, 5) is 57.7. The molecule has 3 amide bonds. The van der Waals surface area contributed by atoms with E-state index < -0.39 is 30.1 Å². The second-order valence-electron chi connectivity index (χ2n) is 10.4. The Bertz CT molecular complexity index is 1130. The number of nitrogens with zero attached hydrogens (tertiary/aromatic N) is 4. The smallest absolute Gasteiger partial charge is 0.410 e. The molecule has 0 radical (unpaired) electrons. The zero-order valence-electron chi connectivity index (χ0n) is 22.7. The van der Waals surface area contributed by atoms with Crippen molar-refractivity contribution in [2.24, 2.45) is 17.0 Å². The van der Waals surface area contributed by atoms with Crippen molar-refractivity contribution in [3.05, 3.63) is 35.9 Å². The van der Waals surface area contributed by atoms with Gasteiger partial charge < -0.3 is 29.6 Å². The molecule has 218 valence electrons. The number of oxime groups is 1. The number of β-lactam (4-membered cyclic amide) rings is 1. The van der Waals surface area contributed by atoms with Crippen molar-refractivity contribution in [1.82, 2.24) is 14.7 Å². The van der Waals surface area contributed by atoms with Crippen LogP contribution in [0.1, 0.15) is 33.1 Å². The molecule has 0 aromatic heterocycles. The molecule has 4 aliphatic rings. The Morgan fingerprint density at radius 1 is 1.18 bits per heavy atom. The van der Waals surface area contributed by atoms with Crippen molar-refractivity contribution in [2.45, 2.75) is 56.5 Å². The van der Waals surface area contributed by atoms with Crippen molar-refractivity contribution < 1.29 is 39.0 Å². The summed E-state index contributed by atoms with van der Waals surface area (Å²) in [6, 6.07) is -1.16. The molecule has 0 aliphatic carbocycles. The average Bonchev–Trinajstić information content (AvgIpc) is 3.47. The molecule has 0 aromatic rings. The number of rotatable bonds is 9. The number of carbonyl (C=O) groups is 4. The number of esters is 1. The van der Waals surface area contributed by atoms with Crippen LogP contribution in [0.3, 0.4) is 0 Å². The highest BCUT2D eigenvalue weighted by atomic mass is 32.2. The van der Waals surface area contributed by atoms with Gasteiger partial charge in [-0.15, -0.1) is 11.8 Å². The van der Waals surface area contributed by atoms with Gasteiger partial charge in [-0.05, 0) is 13.3 Å². The number of amides is 3. The van der Waals surface area contributed by atoms with Crippen LogP contribution in [0, 0.1) is 11.8 Å². The first-order chi connectivity index (χ1) is 19.1. The van der Waals surface area contributed by atoms with Crippen molar-refractivity contribution in [1.29, 1.82) is 0 Å². The Balaban J connectivity index is 1.58. The molecule has 4 heterocycles. The van der Waals surface area contributed by atoms with Gasteiger partial charge in [0.15, 0.2) is 0 Å². The predicted molar refractivity (Wildman–Crippen MR) is 146 cm³/mol. The average molecular weight is 577 g/mol. The summed E-state index contributed by atoms with van der Waals surface area (Å²) in [6.07, 6.45) is 2.58. The number of piperidine rings is 1. The van der Waals surface area contributed by atoms with Gasteiger partial charge in [-0.1, -0.05) is 37.4 Å². The molecule has 2 N–H and O–H groups in total. The number of thioether (sulfide) groups is 1. The van der Waals surface area contributed by atoms with Gasteiger partial charge in [0.05, 0.1) is 23.8 Å². The van der Waals surface area contributed by atoms with E-state index in [0.717, 1.165) is 0 Å². The van der Waals surface area contributed by atoms with E-state index in [0.29, 0.717) is 43.0 Å². The zero-order valence-corrected chi connectivity index (χ0v) is 23.5. The number of likely N-dealkylation sites (tertiary alicyclic amines) is 2. The quantitative estimate of drug-likeness (QED) is 0.138. The Morgan fingerprint density at radius 3 is 2.42 bits per heavy atom. The molecule has 0 unspecified atom stereocenters. The molecule has 4 rings (SSSR count). The number of aliphatic hydroxyl groups is 1. The summed E-state index contributed by atoms with van der Waals surface area (Å²) in [6.45, 7) is 11.5. The van der Waals surface area contributed by atoms with Crippen LogP contribution in [0.25, 0.3) is 0 Å². The lowest BCUT2D eigenvalue weighted by atomic mass is 9.79. The van der Waals surface area contributed by atoms with Crippen LogP contribution in [0.4, 0.5) is 4.79 Å². The lowest BCUT2D eigenvalue weighted by Crippen LogP contribution is -2.63. The molecule has 0 spiro atoms. The van der Waals surface area contributed by atoms with E-state index in [2.05, 4.69) is 18.3 Å². The summed E-state index contributed by atoms with van der Waals surface area (Å²) in [5.74, 6) is -2.11. The molecule has 0 saturated carbocycles. The van der Waals surface area contributed by atoms with Crippen LogP contribution in [0.5, 0.6) is 0 Å². The third-order valence-corrected chi connectivity index (χ3v) is 9.32. The van der Waals surface area contributed by atoms with Crippen LogP contribution in [-0.2, 0) is 23.9 Å². The molecule has 3 fully saturated rings. The normalized spacial score (nSPS) is 28.6. The topological polar surface area (TPSA) is 149 Å². The highest BCUT2D eigenvalue weighted by Gasteiger charge is 2.60. The van der Waals surface area contributed by atoms with Gasteiger partial charge in [-0.3, -0.25) is 14.5 Å². The second-order valence-corrected chi connectivity index (χ2v) is 11.7. The minimum Gasteiger partial charge on any atom is -0.457 e. The maximum absolute atomic E-state index is 13.6. The van der Waals surface area contributed by atoms with E-state index in [-0.39, 0.29) is 54.5 Å². The van der Waals surface area contributed by atoms with Crippen molar-refractivity contribution in [3.63, 3.8) is 0 Å². The summed E-state index contributed by atoms with van der Waals surface area (Å²) in [7, 11) is 0. The van der Waals surface area contributed by atoms with E-state index in [1.807, 2.05) is 6.92 Å². The summed E-state index contributed by atoms with van der Waals surface area (Å²) >= 11 is 1.36. The molecule has 4 aliphatic heterocycles. The minimum absolute atomic E-state index is 0.00491.